The summed E-state index contributed by atoms with van der Waals surface area (Å²) in [5.41, 5.74) is 10.9. The van der Waals surface area contributed by atoms with Crippen LogP contribution in [0.25, 0.3) is 0 Å². The predicted molar refractivity (Wildman–Crippen MR) is 123 cm³/mol. The van der Waals surface area contributed by atoms with Gasteiger partial charge in [-0.05, 0) is 36.9 Å². The average molecular weight is 510 g/mol. The summed E-state index contributed by atoms with van der Waals surface area (Å²) in [4.78, 5) is 71.1. The second-order valence-electron chi connectivity index (χ2n) is 6.96. The topological polar surface area (TPSA) is 231 Å². The van der Waals surface area contributed by atoms with Crippen molar-refractivity contribution in [3.63, 3.8) is 0 Å². The van der Waals surface area contributed by atoms with E-state index in [2.05, 4.69) is 16.0 Å². The molecule has 9 N–H and O–H groups in total. The molecule has 33 heavy (non-hydrogen) atoms. The third-order valence-corrected chi connectivity index (χ3v) is 5.53. The second kappa shape index (κ2) is 16.1. The molecule has 0 fully saturated rings. The third kappa shape index (κ3) is 12.9. The van der Waals surface area contributed by atoms with Gasteiger partial charge in [-0.2, -0.15) is 23.5 Å². The number of thioether (sulfide) groups is 2. The first-order valence-electron chi connectivity index (χ1n) is 9.80. The first-order valence-corrected chi connectivity index (χ1v) is 12.6. The highest BCUT2D eigenvalue weighted by Crippen LogP contribution is 2.05. The lowest BCUT2D eigenvalue weighted by Gasteiger charge is -2.24. The summed E-state index contributed by atoms with van der Waals surface area (Å²) >= 11 is 2.82. The van der Waals surface area contributed by atoms with Crippen LogP contribution >= 0.6 is 23.5 Å². The molecule has 0 rings (SSSR count). The second-order valence-corrected chi connectivity index (χ2v) is 8.93. The fourth-order valence-electron chi connectivity index (χ4n) is 2.49. The van der Waals surface area contributed by atoms with Crippen molar-refractivity contribution in [2.24, 2.45) is 11.5 Å². The SMILES string of the molecule is CSCCC(N)C(=O)NC(CC(N)=O)C(=O)NC(CCSC)C(=O)NC(CC(=O)O)C(=O)O. The molecule has 0 aliphatic carbocycles. The van der Waals surface area contributed by atoms with E-state index in [4.69, 9.17) is 21.7 Å². The number of carbonyl (C=O) groups is 6. The van der Waals surface area contributed by atoms with Crippen LogP contribution in [0.5, 0.6) is 0 Å². The number of carboxylic acid groups (broad SMARTS) is 2. The fraction of sp³-hybridized carbons (Fsp3) is 0.667. The standard InChI is InChI=1S/C18H31N5O8S2/c1-32-5-3-9(19)15(27)22-11(7-13(20)24)17(29)21-10(4-6-33-2)16(28)23-12(18(30)31)8-14(25)26/h9-12H,3-8,19H2,1-2H3,(H2,20,24)(H,21,29)(H,22,27)(H,23,28)(H,25,26)(H,30,31). The Morgan fingerprint density at radius 3 is 1.73 bits per heavy atom. The van der Waals surface area contributed by atoms with Gasteiger partial charge in [-0.25, -0.2) is 4.79 Å². The van der Waals surface area contributed by atoms with Crippen molar-refractivity contribution in [3.8, 4) is 0 Å². The van der Waals surface area contributed by atoms with Gasteiger partial charge in [-0.3, -0.25) is 24.0 Å². The third-order valence-electron chi connectivity index (χ3n) is 4.24. The van der Waals surface area contributed by atoms with Gasteiger partial charge in [0, 0.05) is 0 Å². The molecule has 0 radical (unpaired) electrons. The molecular formula is C18H31N5O8S2. The number of primary amides is 1. The van der Waals surface area contributed by atoms with Crippen LogP contribution < -0.4 is 27.4 Å². The molecule has 0 saturated carbocycles. The maximum absolute atomic E-state index is 12.8. The van der Waals surface area contributed by atoms with E-state index in [0.717, 1.165) is 0 Å². The summed E-state index contributed by atoms with van der Waals surface area (Å²) in [6, 6.07) is -5.30. The molecule has 0 aliphatic heterocycles. The smallest absolute Gasteiger partial charge is 0.326 e. The highest BCUT2D eigenvalue weighted by atomic mass is 32.2. The zero-order valence-corrected chi connectivity index (χ0v) is 20.0. The maximum Gasteiger partial charge on any atom is 0.326 e. The van der Waals surface area contributed by atoms with Gasteiger partial charge in [0.05, 0.1) is 18.9 Å². The Balaban J connectivity index is 5.45. The number of nitrogens with two attached hydrogens (primary N) is 2. The Labute approximate surface area is 199 Å². The van der Waals surface area contributed by atoms with E-state index in [0.29, 0.717) is 17.9 Å². The average Bonchev–Trinajstić information content (AvgIpc) is 2.72. The van der Waals surface area contributed by atoms with Crippen LogP contribution in [0.1, 0.15) is 25.7 Å². The number of amides is 4. The van der Waals surface area contributed by atoms with Gasteiger partial charge in [-0.15, -0.1) is 0 Å². The molecule has 0 bridgehead atoms. The summed E-state index contributed by atoms with van der Waals surface area (Å²) in [5.74, 6) is -5.39. The minimum absolute atomic E-state index is 0.0720. The Kier molecular flexibility index (Phi) is 14.9. The van der Waals surface area contributed by atoms with Crippen molar-refractivity contribution in [3.05, 3.63) is 0 Å². The summed E-state index contributed by atoms with van der Waals surface area (Å²) in [6.07, 6.45) is 2.56. The van der Waals surface area contributed by atoms with E-state index in [-0.39, 0.29) is 6.42 Å². The number of carbonyl (C=O) groups excluding carboxylic acids is 4. The minimum Gasteiger partial charge on any atom is -0.481 e. The molecule has 0 aliphatic rings. The van der Waals surface area contributed by atoms with E-state index in [1.165, 1.54) is 23.5 Å². The lowest BCUT2D eigenvalue weighted by Crippen LogP contribution is -2.58. The van der Waals surface area contributed by atoms with Crippen molar-refractivity contribution < 1.29 is 39.0 Å². The molecular weight excluding hydrogens is 478 g/mol. The number of rotatable bonds is 17. The van der Waals surface area contributed by atoms with Gasteiger partial charge in [-0.1, -0.05) is 0 Å². The van der Waals surface area contributed by atoms with Crippen molar-refractivity contribution in [1.82, 2.24) is 16.0 Å². The number of nitrogens with one attached hydrogen (secondary N) is 3. The van der Waals surface area contributed by atoms with E-state index in [9.17, 15) is 28.8 Å². The number of hydrogen-bond donors (Lipinski definition) is 7. The van der Waals surface area contributed by atoms with Gasteiger partial charge >= 0.3 is 11.9 Å². The predicted octanol–water partition coefficient (Wildman–Crippen LogP) is -2.29. The van der Waals surface area contributed by atoms with Gasteiger partial charge in [0.1, 0.15) is 18.1 Å². The Morgan fingerprint density at radius 2 is 1.24 bits per heavy atom. The van der Waals surface area contributed by atoms with E-state index >= 15 is 0 Å². The normalized spacial score (nSPS) is 14.3. The number of carboxylic acids is 2. The zero-order chi connectivity index (χ0) is 25.6. The first kappa shape index (κ1) is 30.5. The molecule has 15 heteroatoms. The van der Waals surface area contributed by atoms with Crippen LogP contribution in [-0.4, -0.2) is 94.0 Å². The molecule has 4 atom stereocenters. The van der Waals surface area contributed by atoms with Crippen LogP contribution in [0.4, 0.5) is 0 Å². The molecule has 0 aromatic rings. The highest BCUT2D eigenvalue weighted by Gasteiger charge is 2.31. The molecule has 0 saturated heterocycles. The Bertz CT molecular complexity index is 724. The number of aliphatic carboxylic acids is 2. The van der Waals surface area contributed by atoms with Gasteiger partial charge in [0.2, 0.25) is 23.6 Å². The van der Waals surface area contributed by atoms with Gasteiger partial charge < -0.3 is 37.6 Å². The quantitative estimate of drug-likeness (QED) is 0.110. The molecule has 13 nitrogen and oxygen atoms in total. The van der Waals surface area contributed by atoms with E-state index in [1.54, 1.807) is 6.26 Å². The zero-order valence-electron chi connectivity index (χ0n) is 18.4. The van der Waals surface area contributed by atoms with Crippen molar-refractivity contribution >= 4 is 59.1 Å². The van der Waals surface area contributed by atoms with E-state index in [1.807, 2.05) is 6.26 Å². The molecule has 4 unspecified atom stereocenters. The van der Waals surface area contributed by atoms with Crippen LogP contribution in [0.15, 0.2) is 0 Å². The monoisotopic (exact) mass is 509 g/mol. The van der Waals surface area contributed by atoms with Crippen molar-refractivity contribution in [2.45, 2.75) is 49.9 Å². The molecule has 0 aromatic heterocycles. The molecule has 188 valence electrons. The molecule has 0 aromatic carbocycles. The van der Waals surface area contributed by atoms with E-state index < -0.39 is 72.6 Å². The summed E-state index contributed by atoms with van der Waals surface area (Å²) < 4.78 is 0. The van der Waals surface area contributed by atoms with Crippen molar-refractivity contribution in [2.75, 3.05) is 24.0 Å². The van der Waals surface area contributed by atoms with Crippen molar-refractivity contribution in [1.29, 1.82) is 0 Å². The van der Waals surface area contributed by atoms with Crippen LogP contribution in [0.2, 0.25) is 0 Å². The maximum atomic E-state index is 12.8. The Hall–Kier alpha value is -2.52. The fourth-order valence-corrected chi connectivity index (χ4v) is 3.45. The van der Waals surface area contributed by atoms with Gasteiger partial charge in [0.15, 0.2) is 0 Å². The molecule has 0 spiro atoms. The van der Waals surface area contributed by atoms with Gasteiger partial charge in [0.25, 0.3) is 0 Å². The molecule has 4 amide bonds. The minimum atomic E-state index is -1.71. The Morgan fingerprint density at radius 1 is 0.758 bits per heavy atom. The van der Waals surface area contributed by atoms with Crippen LogP contribution in [-0.2, 0) is 28.8 Å². The van der Waals surface area contributed by atoms with Crippen LogP contribution in [0, 0.1) is 0 Å². The first-order chi connectivity index (χ1) is 15.4. The number of hydrogen-bond acceptors (Lipinski definition) is 9. The highest BCUT2D eigenvalue weighted by molar-refractivity contribution is 7.98. The molecule has 0 heterocycles. The van der Waals surface area contributed by atoms with Crippen LogP contribution in [0.3, 0.4) is 0 Å². The lowest BCUT2D eigenvalue weighted by molar-refractivity contribution is -0.147. The summed E-state index contributed by atoms with van der Waals surface area (Å²) in [5, 5.41) is 24.8. The summed E-state index contributed by atoms with van der Waals surface area (Å²) in [7, 11) is 0. The lowest BCUT2D eigenvalue weighted by atomic mass is 10.1. The largest absolute Gasteiger partial charge is 0.481 e. The summed E-state index contributed by atoms with van der Waals surface area (Å²) in [6.45, 7) is 0.